The maximum Gasteiger partial charge on any atom is 0.259 e. The van der Waals surface area contributed by atoms with Gasteiger partial charge in [0, 0.05) is 49.6 Å². The largest absolute Gasteiger partial charge is 0.460 e. The fraction of sp³-hybridized carbons (Fsp3) is 0.304. The van der Waals surface area contributed by atoms with Gasteiger partial charge in [-0.2, -0.15) is 0 Å². The number of aryl methyl sites for hydroxylation is 3. The molecule has 1 saturated heterocycles. The van der Waals surface area contributed by atoms with Crippen molar-refractivity contribution in [2.75, 3.05) is 36.4 Å². The summed E-state index contributed by atoms with van der Waals surface area (Å²) >= 11 is 0. The number of hydrogen-bond acceptors (Lipinski definition) is 5. The number of furan rings is 1. The van der Waals surface area contributed by atoms with Crippen LogP contribution in [0.25, 0.3) is 16.6 Å². The number of carbonyl (C=O) groups is 1. The number of hydrogen-bond donors (Lipinski definition) is 2. The predicted molar refractivity (Wildman–Crippen MR) is 119 cm³/mol. The monoisotopic (exact) mass is 403 g/mol. The van der Waals surface area contributed by atoms with Gasteiger partial charge in [-0.25, -0.2) is 4.98 Å². The lowest BCUT2D eigenvalue weighted by Crippen LogP contribution is -2.43. The fourth-order valence-electron chi connectivity index (χ4n) is 4.25. The molecule has 0 radical (unpaired) electrons. The molecule has 2 N–H and O–H groups in total. The average molecular weight is 403 g/mol. The molecule has 0 spiro atoms. The van der Waals surface area contributed by atoms with E-state index in [-0.39, 0.29) is 5.91 Å². The van der Waals surface area contributed by atoms with Crippen LogP contribution in [0.1, 0.15) is 27.4 Å². The maximum absolute atomic E-state index is 13.2. The van der Waals surface area contributed by atoms with E-state index in [2.05, 4.69) is 20.5 Å². The Labute approximate surface area is 174 Å². The Bertz CT molecular complexity index is 1260. The summed E-state index contributed by atoms with van der Waals surface area (Å²) in [6, 6.07) is 7.86. The van der Waals surface area contributed by atoms with Crippen LogP contribution in [0.3, 0.4) is 0 Å². The van der Waals surface area contributed by atoms with Gasteiger partial charge < -0.3 is 24.4 Å². The van der Waals surface area contributed by atoms with Gasteiger partial charge in [-0.1, -0.05) is 0 Å². The molecule has 0 atom stereocenters. The van der Waals surface area contributed by atoms with E-state index >= 15 is 0 Å². The number of nitrogens with zero attached hydrogens (tertiary/aromatic N) is 3. The summed E-state index contributed by atoms with van der Waals surface area (Å²) in [5.74, 6) is 0.615. The minimum Gasteiger partial charge on any atom is -0.460 e. The third-order valence-corrected chi connectivity index (χ3v) is 5.60. The summed E-state index contributed by atoms with van der Waals surface area (Å²) in [6.45, 7) is 9.66. The third-order valence-electron chi connectivity index (χ3n) is 5.60. The number of imidazole rings is 1. The van der Waals surface area contributed by atoms with Crippen molar-refractivity contribution in [2.45, 2.75) is 20.8 Å². The van der Waals surface area contributed by atoms with Crippen LogP contribution in [0.15, 0.2) is 41.1 Å². The number of anilines is 2. The number of benzene rings is 1. The minimum absolute atomic E-state index is 0.184. The van der Waals surface area contributed by atoms with Crippen molar-refractivity contribution in [3.63, 3.8) is 0 Å². The smallest absolute Gasteiger partial charge is 0.259 e. The van der Waals surface area contributed by atoms with Crippen molar-refractivity contribution in [1.29, 1.82) is 0 Å². The number of fused-ring (bicyclic) bond motifs is 2. The lowest BCUT2D eigenvalue weighted by molar-refractivity contribution is 0.102. The highest BCUT2D eigenvalue weighted by Gasteiger charge is 2.21. The molecule has 7 nitrogen and oxygen atoms in total. The van der Waals surface area contributed by atoms with Gasteiger partial charge in [-0.3, -0.25) is 4.79 Å². The van der Waals surface area contributed by atoms with E-state index in [1.807, 2.05) is 61.8 Å². The number of aromatic nitrogens is 2. The zero-order valence-corrected chi connectivity index (χ0v) is 17.5. The Balaban J connectivity index is 1.51. The highest BCUT2D eigenvalue weighted by molar-refractivity contribution is 6.13. The van der Waals surface area contributed by atoms with Gasteiger partial charge >= 0.3 is 0 Å². The Morgan fingerprint density at radius 1 is 1.13 bits per heavy atom. The molecule has 1 amide bonds. The number of nitrogens with one attached hydrogen (secondary N) is 2. The third kappa shape index (κ3) is 3.21. The van der Waals surface area contributed by atoms with Gasteiger partial charge in [0.25, 0.3) is 5.91 Å². The number of piperazine rings is 1. The van der Waals surface area contributed by atoms with Crippen molar-refractivity contribution in [3.8, 4) is 0 Å². The summed E-state index contributed by atoms with van der Waals surface area (Å²) in [5.41, 5.74) is 5.87. The molecule has 1 fully saturated rings. The first kappa shape index (κ1) is 18.7. The molecule has 4 aromatic rings. The first-order chi connectivity index (χ1) is 14.5. The van der Waals surface area contributed by atoms with Crippen LogP contribution in [0.2, 0.25) is 0 Å². The second kappa shape index (κ2) is 7.18. The van der Waals surface area contributed by atoms with Crippen molar-refractivity contribution >= 4 is 33.9 Å². The lowest BCUT2D eigenvalue weighted by Gasteiger charge is -2.30. The SMILES string of the molecule is Cc1cn2cc(NC(=O)c3ccc(N4CCNCC4)c4cc(C)oc34)cc(C)c2n1. The van der Waals surface area contributed by atoms with E-state index in [0.717, 1.165) is 65.6 Å². The molecule has 0 unspecified atom stereocenters. The van der Waals surface area contributed by atoms with E-state index in [9.17, 15) is 4.79 Å². The highest BCUT2D eigenvalue weighted by atomic mass is 16.3. The quantitative estimate of drug-likeness (QED) is 0.546. The molecule has 1 aliphatic heterocycles. The van der Waals surface area contributed by atoms with Crippen LogP contribution in [-0.4, -0.2) is 41.5 Å². The predicted octanol–water partition coefficient (Wildman–Crippen LogP) is 3.67. The molecule has 1 aromatic carbocycles. The van der Waals surface area contributed by atoms with Crippen molar-refractivity contribution in [1.82, 2.24) is 14.7 Å². The van der Waals surface area contributed by atoms with E-state index in [0.29, 0.717) is 11.1 Å². The first-order valence-corrected chi connectivity index (χ1v) is 10.3. The van der Waals surface area contributed by atoms with Gasteiger partial charge in [0.05, 0.1) is 16.9 Å². The Morgan fingerprint density at radius 3 is 2.73 bits per heavy atom. The van der Waals surface area contributed by atoms with Crippen LogP contribution in [0.5, 0.6) is 0 Å². The maximum atomic E-state index is 13.2. The summed E-state index contributed by atoms with van der Waals surface area (Å²) in [5, 5.41) is 7.39. The Kier molecular flexibility index (Phi) is 4.47. The molecule has 0 aliphatic carbocycles. The van der Waals surface area contributed by atoms with Crippen LogP contribution < -0.4 is 15.5 Å². The lowest BCUT2D eigenvalue weighted by atomic mass is 10.1. The van der Waals surface area contributed by atoms with Crippen molar-refractivity contribution in [3.05, 3.63) is 59.2 Å². The summed E-state index contributed by atoms with van der Waals surface area (Å²) in [7, 11) is 0. The summed E-state index contributed by atoms with van der Waals surface area (Å²) in [6.07, 6.45) is 3.84. The Morgan fingerprint density at radius 2 is 1.93 bits per heavy atom. The molecule has 0 saturated carbocycles. The van der Waals surface area contributed by atoms with Crippen molar-refractivity contribution < 1.29 is 9.21 Å². The minimum atomic E-state index is -0.184. The van der Waals surface area contributed by atoms with Crippen LogP contribution in [0.4, 0.5) is 11.4 Å². The number of pyridine rings is 1. The highest BCUT2D eigenvalue weighted by Crippen LogP contribution is 2.33. The molecule has 5 rings (SSSR count). The number of rotatable bonds is 3. The normalized spacial score (nSPS) is 14.6. The second-order valence-corrected chi connectivity index (χ2v) is 7.95. The molecule has 4 heterocycles. The molecule has 0 bridgehead atoms. The van der Waals surface area contributed by atoms with Crippen LogP contribution in [0, 0.1) is 20.8 Å². The molecule has 1 aliphatic rings. The molecular formula is C23H25N5O2. The van der Waals surface area contributed by atoms with Gasteiger partial charge in [-0.15, -0.1) is 0 Å². The molecule has 7 heteroatoms. The summed E-state index contributed by atoms with van der Waals surface area (Å²) < 4.78 is 7.91. The van der Waals surface area contributed by atoms with E-state index in [1.54, 1.807) is 0 Å². The second-order valence-electron chi connectivity index (χ2n) is 7.95. The van der Waals surface area contributed by atoms with E-state index in [1.165, 1.54) is 0 Å². The molecular weight excluding hydrogens is 378 g/mol. The zero-order valence-electron chi connectivity index (χ0n) is 17.5. The fourth-order valence-corrected chi connectivity index (χ4v) is 4.25. The van der Waals surface area contributed by atoms with Crippen molar-refractivity contribution in [2.24, 2.45) is 0 Å². The number of amides is 1. The van der Waals surface area contributed by atoms with Gasteiger partial charge in [-0.05, 0) is 50.6 Å². The number of carbonyl (C=O) groups excluding carboxylic acids is 1. The topological polar surface area (TPSA) is 74.8 Å². The van der Waals surface area contributed by atoms with Crippen LogP contribution >= 0.6 is 0 Å². The van der Waals surface area contributed by atoms with E-state index < -0.39 is 0 Å². The van der Waals surface area contributed by atoms with Gasteiger partial charge in [0.1, 0.15) is 17.0 Å². The molecule has 3 aromatic heterocycles. The molecule has 154 valence electrons. The summed E-state index contributed by atoms with van der Waals surface area (Å²) in [4.78, 5) is 20.0. The zero-order chi connectivity index (χ0) is 20.8. The first-order valence-electron chi connectivity index (χ1n) is 10.3. The van der Waals surface area contributed by atoms with Crippen LogP contribution in [-0.2, 0) is 0 Å². The standard InChI is InChI=1S/C23H25N5O2/c1-14-10-17(13-28-12-15(2)25-22(14)28)26-23(29)18-4-5-20(27-8-6-24-7-9-27)19-11-16(3)30-21(18)19/h4-5,10-13,24H,6-9H2,1-3H3,(H,26,29). The Hall–Kier alpha value is -3.32. The molecule has 30 heavy (non-hydrogen) atoms. The van der Waals surface area contributed by atoms with Gasteiger partial charge in [0.2, 0.25) is 0 Å². The van der Waals surface area contributed by atoms with Gasteiger partial charge in [0.15, 0.2) is 0 Å². The average Bonchev–Trinajstić information content (AvgIpc) is 3.29. The van der Waals surface area contributed by atoms with E-state index in [4.69, 9.17) is 4.42 Å².